The van der Waals surface area contributed by atoms with Gasteiger partial charge in [0, 0.05) is 32.6 Å². The molecule has 0 amide bonds. The Kier molecular flexibility index (Phi) is 7.52. The van der Waals surface area contributed by atoms with Gasteiger partial charge in [-0.2, -0.15) is 0 Å². The van der Waals surface area contributed by atoms with Gasteiger partial charge in [0.25, 0.3) is 0 Å². The molecule has 1 atom stereocenters. The van der Waals surface area contributed by atoms with Crippen LogP contribution in [0.1, 0.15) is 5.56 Å². The second-order valence-electron chi connectivity index (χ2n) is 4.28. The summed E-state index contributed by atoms with van der Waals surface area (Å²) in [7, 11) is 3.59. The van der Waals surface area contributed by atoms with E-state index in [1.54, 1.807) is 13.3 Å². The predicted octanol–water partition coefficient (Wildman–Crippen LogP) is 0.537. The van der Waals surface area contributed by atoms with Crippen LogP contribution in [0, 0.1) is 0 Å². The third kappa shape index (κ3) is 6.66. The molecule has 1 aromatic rings. The molecule has 0 aliphatic carbocycles. The van der Waals surface area contributed by atoms with Gasteiger partial charge in [0.2, 0.25) is 0 Å². The van der Waals surface area contributed by atoms with Crippen molar-refractivity contribution < 1.29 is 14.6 Å². The van der Waals surface area contributed by atoms with Crippen LogP contribution in [0.25, 0.3) is 0 Å². The van der Waals surface area contributed by atoms with E-state index in [9.17, 15) is 5.11 Å². The van der Waals surface area contributed by atoms with Crippen molar-refractivity contribution in [3.05, 3.63) is 30.1 Å². The number of methoxy groups -OCH3 is 1. The number of likely N-dealkylation sites (N-methyl/N-ethyl adjacent to an activating group) is 1. The molecule has 0 spiro atoms. The Balaban J connectivity index is 2.17. The van der Waals surface area contributed by atoms with Crippen molar-refractivity contribution in [2.24, 2.45) is 0 Å². The molecule has 5 heteroatoms. The molecule has 0 fully saturated rings. The standard InChI is InChI=1S/C13H22N2O3/c1-15(9-12-4-3-5-14-8-12)10-13(16)11-18-7-6-17-2/h3-5,8,13,16H,6-7,9-11H2,1-2H3. The van der Waals surface area contributed by atoms with Crippen LogP contribution < -0.4 is 0 Å². The fourth-order valence-corrected chi connectivity index (χ4v) is 1.64. The molecular weight excluding hydrogens is 232 g/mol. The molecule has 1 rings (SSSR count). The van der Waals surface area contributed by atoms with Crippen LogP contribution in [0.5, 0.6) is 0 Å². The number of aromatic nitrogens is 1. The summed E-state index contributed by atoms with van der Waals surface area (Å²) < 4.78 is 10.1. The summed E-state index contributed by atoms with van der Waals surface area (Å²) in [4.78, 5) is 6.10. The molecule has 0 saturated heterocycles. The van der Waals surface area contributed by atoms with E-state index in [0.717, 1.165) is 12.1 Å². The summed E-state index contributed by atoms with van der Waals surface area (Å²) in [6.45, 7) is 2.74. The summed E-state index contributed by atoms with van der Waals surface area (Å²) in [6, 6.07) is 3.93. The highest BCUT2D eigenvalue weighted by molar-refractivity contribution is 5.07. The molecule has 0 aliphatic rings. The molecule has 0 saturated carbocycles. The monoisotopic (exact) mass is 254 g/mol. The van der Waals surface area contributed by atoms with Crippen LogP contribution in [-0.4, -0.2) is 61.6 Å². The minimum absolute atomic E-state index is 0.334. The van der Waals surface area contributed by atoms with Gasteiger partial charge in [0.1, 0.15) is 0 Å². The summed E-state index contributed by atoms with van der Waals surface area (Å²) in [6.07, 6.45) is 3.10. The van der Waals surface area contributed by atoms with Gasteiger partial charge in [-0.1, -0.05) is 6.07 Å². The molecule has 0 aliphatic heterocycles. The number of nitrogens with zero attached hydrogens (tertiary/aromatic N) is 2. The van der Waals surface area contributed by atoms with E-state index in [0.29, 0.717) is 26.4 Å². The van der Waals surface area contributed by atoms with Crippen molar-refractivity contribution in [3.8, 4) is 0 Å². The minimum Gasteiger partial charge on any atom is -0.389 e. The normalized spacial score (nSPS) is 12.9. The molecule has 102 valence electrons. The second kappa shape index (κ2) is 8.99. The van der Waals surface area contributed by atoms with Crippen molar-refractivity contribution in [1.29, 1.82) is 0 Å². The topological polar surface area (TPSA) is 54.8 Å². The van der Waals surface area contributed by atoms with E-state index in [-0.39, 0.29) is 0 Å². The number of aliphatic hydroxyl groups is 1. The average Bonchev–Trinajstić information content (AvgIpc) is 2.35. The Morgan fingerprint density at radius 2 is 2.28 bits per heavy atom. The predicted molar refractivity (Wildman–Crippen MR) is 69.3 cm³/mol. The summed E-state index contributed by atoms with van der Waals surface area (Å²) in [5, 5.41) is 9.77. The van der Waals surface area contributed by atoms with E-state index >= 15 is 0 Å². The highest BCUT2D eigenvalue weighted by Crippen LogP contribution is 2.01. The average molecular weight is 254 g/mol. The molecule has 1 unspecified atom stereocenters. The van der Waals surface area contributed by atoms with Crippen molar-refractivity contribution in [1.82, 2.24) is 9.88 Å². The molecule has 0 radical (unpaired) electrons. The summed E-state index contributed by atoms with van der Waals surface area (Å²) in [5.74, 6) is 0. The molecule has 5 nitrogen and oxygen atoms in total. The lowest BCUT2D eigenvalue weighted by Gasteiger charge is -2.20. The van der Waals surface area contributed by atoms with E-state index in [1.165, 1.54) is 0 Å². The molecule has 0 aromatic carbocycles. The number of ether oxygens (including phenoxy) is 2. The van der Waals surface area contributed by atoms with Gasteiger partial charge in [-0.3, -0.25) is 9.88 Å². The van der Waals surface area contributed by atoms with Crippen molar-refractivity contribution in [2.45, 2.75) is 12.6 Å². The van der Waals surface area contributed by atoms with Gasteiger partial charge in [0.05, 0.1) is 25.9 Å². The smallest absolute Gasteiger partial charge is 0.0900 e. The Hall–Kier alpha value is -1.01. The Bertz CT molecular complexity index is 308. The first kappa shape index (κ1) is 15.0. The van der Waals surface area contributed by atoms with Crippen molar-refractivity contribution in [3.63, 3.8) is 0 Å². The van der Waals surface area contributed by atoms with Gasteiger partial charge in [-0.05, 0) is 18.7 Å². The number of pyridine rings is 1. The van der Waals surface area contributed by atoms with Crippen LogP contribution in [0.3, 0.4) is 0 Å². The molecule has 1 aromatic heterocycles. The van der Waals surface area contributed by atoms with E-state index < -0.39 is 6.10 Å². The van der Waals surface area contributed by atoms with Gasteiger partial charge >= 0.3 is 0 Å². The highest BCUT2D eigenvalue weighted by Gasteiger charge is 2.08. The largest absolute Gasteiger partial charge is 0.389 e. The first-order valence-corrected chi connectivity index (χ1v) is 6.04. The van der Waals surface area contributed by atoms with Crippen LogP contribution in [0.15, 0.2) is 24.5 Å². The quantitative estimate of drug-likeness (QED) is 0.652. The van der Waals surface area contributed by atoms with E-state index in [4.69, 9.17) is 9.47 Å². The first-order chi connectivity index (χ1) is 8.72. The SMILES string of the molecule is COCCOCC(O)CN(C)Cc1cccnc1. The molecular formula is C13H22N2O3. The summed E-state index contributed by atoms with van der Waals surface area (Å²) in [5.41, 5.74) is 1.13. The van der Waals surface area contributed by atoms with E-state index in [1.807, 2.05) is 30.3 Å². The third-order valence-corrected chi connectivity index (χ3v) is 2.44. The molecule has 1 heterocycles. The summed E-state index contributed by atoms with van der Waals surface area (Å²) >= 11 is 0. The van der Waals surface area contributed by atoms with Crippen LogP contribution in [-0.2, 0) is 16.0 Å². The first-order valence-electron chi connectivity index (χ1n) is 6.04. The maximum absolute atomic E-state index is 9.77. The third-order valence-electron chi connectivity index (χ3n) is 2.44. The maximum atomic E-state index is 9.77. The molecule has 1 N–H and O–H groups in total. The highest BCUT2D eigenvalue weighted by atomic mass is 16.5. The number of rotatable bonds is 9. The zero-order valence-electron chi connectivity index (χ0n) is 11.1. The zero-order valence-corrected chi connectivity index (χ0v) is 11.1. The van der Waals surface area contributed by atoms with Gasteiger partial charge in [0.15, 0.2) is 0 Å². The Morgan fingerprint density at radius 3 is 2.94 bits per heavy atom. The lowest BCUT2D eigenvalue weighted by atomic mass is 10.2. The van der Waals surface area contributed by atoms with Crippen LogP contribution >= 0.6 is 0 Å². The molecule has 0 bridgehead atoms. The molecule has 18 heavy (non-hydrogen) atoms. The van der Waals surface area contributed by atoms with Crippen LogP contribution in [0.2, 0.25) is 0 Å². The fraction of sp³-hybridized carbons (Fsp3) is 0.615. The Labute approximate surface area is 108 Å². The maximum Gasteiger partial charge on any atom is 0.0900 e. The lowest BCUT2D eigenvalue weighted by Crippen LogP contribution is -2.32. The second-order valence-corrected chi connectivity index (χ2v) is 4.28. The van der Waals surface area contributed by atoms with Gasteiger partial charge in [-0.15, -0.1) is 0 Å². The van der Waals surface area contributed by atoms with Gasteiger partial charge < -0.3 is 14.6 Å². The van der Waals surface area contributed by atoms with Crippen LogP contribution in [0.4, 0.5) is 0 Å². The minimum atomic E-state index is -0.483. The number of hydrogen-bond acceptors (Lipinski definition) is 5. The van der Waals surface area contributed by atoms with E-state index in [2.05, 4.69) is 4.98 Å². The number of hydrogen-bond donors (Lipinski definition) is 1. The number of aliphatic hydroxyl groups excluding tert-OH is 1. The lowest BCUT2D eigenvalue weighted by molar-refractivity contribution is 0.00160. The van der Waals surface area contributed by atoms with Gasteiger partial charge in [-0.25, -0.2) is 0 Å². The zero-order chi connectivity index (χ0) is 13.2. The van der Waals surface area contributed by atoms with Crippen molar-refractivity contribution >= 4 is 0 Å². The Morgan fingerprint density at radius 1 is 1.44 bits per heavy atom. The van der Waals surface area contributed by atoms with Crippen molar-refractivity contribution in [2.75, 3.05) is 40.5 Å². The fourth-order valence-electron chi connectivity index (χ4n) is 1.64.